The number of amides is 1. The highest BCUT2D eigenvalue weighted by atomic mass is 32.2. The van der Waals surface area contributed by atoms with Gasteiger partial charge in [0.05, 0.1) is 24.6 Å². The van der Waals surface area contributed by atoms with Gasteiger partial charge in [-0.3, -0.25) is 9.10 Å². The summed E-state index contributed by atoms with van der Waals surface area (Å²) in [6.45, 7) is 7.91. The van der Waals surface area contributed by atoms with Crippen LogP contribution in [0, 0.1) is 13.8 Å². The van der Waals surface area contributed by atoms with Crippen molar-refractivity contribution in [3.05, 3.63) is 59.2 Å². The monoisotopic (exact) mass is 404 g/mol. The van der Waals surface area contributed by atoms with Crippen LogP contribution in [0.4, 0.5) is 5.69 Å². The smallest absolute Gasteiger partial charge is 0.241 e. The minimum atomic E-state index is -3.64. The van der Waals surface area contributed by atoms with Crippen molar-refractivity contribution in [1.82, 2.24) is 5.32 Å². The normalized spacial score (nSPS) is 12.3. The molecule has 7 heteroatoms. The van der Waals surface area contributed by atoms with Crippen molar-refractivity contribution in [2.45, 2.75) is 33.7 Å². The molecule has 152 valence electrons. The molecule has 6 nitrogen and oxygen atoms in total. The summed E-state index contributed by atoms with van der Waals surface area (Å²) in [4.78, 5) is 12.6. The minimum absolute atomic E-state index is 0.232. The van der Waals surface area contributed by atoms with Crippen LogP contribution in [0.15, 0.2) is 42.5 Å². The third-order valence-electron chi connectivity index (χ3n) is 4.37. The number of anilines is 1. The second-order valence-corrected chi connectivity index (χ2v) is 8.76. The first-order chi connectivity index (χ1) is 13.1. The van der Waals surface area contributed by atoms with Crippen LogP contribution in [-0.2, 0) is 14.8 Å². The third kappa shape index (κ3) is 5.73. The zero-order chi connectivity index (χ0) is 20.9. The summed E-state index contributed by atoms with van der Waals surface area (Å²) < 4.78 is 31.1. The van der Waals surface area contributed by atoms with E-state index in [1.54, 1.807) is 24.3 Å². The maximum Gasteiger partial charge on any atom is 0.241 e. The van der Waals surface area contributed by atoms with Crippen LogP contribution in [-0.4, -0.2) is 33.7 Å². The highest BCUT2D eigenvalue weighted by molar-refractivity contribution is 7.92. The van der Waals surface area contributed by atoms with Gasteiger partial charge in [0.15, 0.2) is 0 Å². The standard InChI is InChI=1S/C21H28N2O4S/c1-6-27-19-9-7-8-18(13-19)23(28(5,25)26)14-21(24)22-17(4)20-11-10-15(2)12-16(20)3/h7-13,17H,6,14H2,1-5H3,(H,22,24)/t17-/m0/s1. The molecule has 0 aliphatic heterocycles. The van der Waals surface area contributed by atoms with Crippen LogP contribution in [0.5, 0.6) is 5.75 Å². The number of ether oxygens (including phenoxy) is 1. The first-order valence-corrected chi connectivity index (χ1v) is 11.0. The Morgan fingerprint density at radius 1 is 1.18 bits per heavy atom. The molecule has 0 heterocycles. The summed E-state index contributed by atoms with van der Waals surface area (Å²) in [5, 5.41) is 2.89. The number of nitrogens with zero attached hydrogens (tertiary/aromatic N) is 1. The average molecular weight is 405 g/mol. The van der Waals surface area contributed by atoms with Gasteiger partial charge in [0.25, 0.3) is 0 Å². The number of carbonyl (C=O) groups is 1. The van der Waals surface area contributed by atoms with Crippen molar-refractivity contribution < 1.29 is 17.9 Å². The predicted molar refractivity (Wildman–Crippen MR) is 112 cm³/mol. The number of sulfonamides is 1. The third-order valence-corrected chi connectivity index (χ3v) is 5.51. The van der Waals surface area contributed by atoms with Gasteiger partial charge in [0.2, 0.25) is 15.9 Å². The fourth-order valence-electron chi connectivity index (χ4n) is 3.10. The summed E-state index contributed by atoms with van der Waals surface area (Å²) in [6.07, 6.45) is 1.08. The zero-order valence-electron chi connectivity index (χ0n) is 17.0. The molecule has 1 amide bonds. The molecule has 28 heavy (non-hydrogen) atoms. The maximum absolute atomic E-state index is 12.6. The van der Waals surface area contributed by atoms with Gasteiger partial charge in [-0.15, -0.1) is 0 Å². The molecule has 0 aromatic heterocycles. The summed E-state index contributed by atoms with van der Waals surface area (Å²) in [7, 11) is -3.64. The summed E-state index contributed by atoms with van der Waals surface area (Å²) in [5.41, 5.74) is 3.63. The van der Waals surface area contributed by atoms with Gasteiger partial charge in [-0.25, -0.2) is 8.42 Å². The number of benzene rings is 2. The van der Waals surface area contributed by atoms with Crippen LogP contribution >= 0.6 is 0 Å². The fraction of sp³-hybridized carbons (Fsp3) is 0.381. The Labute approximate surface area is 167 Å². The Hall–Kier alpha value is -2.54. The Morgan fingerprint density at radius 2 is 1.89 bits per heavy atom. The van der Waals surface area contributed by atoms with Crippen LogP contribution in [0.25, 0.3) is 0 Å². The highest BCUT2D eigenvalue weighted by Gasteiger charge is 2.22. The van der Waals surface area contributed by atoms with E-state index in [0.29, 0.717) is 18.0 Å². The molecule has 0 saturated heterocycles. The number of rotatable bonds is 8. The van der Waals surface area contributed by atoms with E-state index in [9.17, 15) is 13.2 Å². The Bertz CT molecular complexity index is 941. The largest absolute Gasteiger partial charge is 0.494 e. The maximum atomic E-state index is 12.6. The first kappa shape index (κ1) is 21.8. The number of nitrogens with one attached hydrogen (secondary N) is 1. The number of hydrogen-bond acceptors (Lipinski definition) is 4. The van der Waals surface area contributed by atoms with E-state index in [2.05, 4.69) is 11.4 Å². The molecule has 2 aromatic carbocycles. The van der Waals surface area contributed by atoms with Crippen LogP contribution in [0.1, 0.15) is 36.6 Å². The van der Waals surface area contributed by atoms with E-state index in [0.717, 1.165) is 27.3 Å². The molecule has 2 rings (SSSR count). The number of carbonyl (C=O) groups excluding carboxylic acids is 1. The van der Waals surface area contributed by atoms with Gasteiger partial charge in [-0.05, 0) is 51.0 Å². The lowest BCUT2D eigenvalue weighted by Gasteiger charge is -2.24. The Kier molecular flexibility index (Phi) is 7.07. The molecule has 0 radical (unpaired) electrons. The van der Waals surface area contributed by atoms with Gasteiger partial charge in [0.1, 0.15) is 12.3 Å². The molecule has 1 atom stereocenters. The van der Waals surface area contributed by atoms with E-state index in [1.807, 2.05) is 39.8 Å². The number of hydrogen-bond donors (Lipinski definition) is 1. The van der Waals surface area contributed by atoms with Gasteiger partial charge >= 0.3 is 0 Å². The van der Waals surface area contributed by atoms with E-state index >= 15 is 0 Å². The molecule has 2 aromatic rings. The van der Waals surface area contributed by atoms with E-state index in [-0.39, 0.29) is 18.5 Å². The molecule has 0 aliphatic rings. The second kappa shape index (κ2) is 9.10. The molecular formula is C21H28N2O4S. The van der Waals surface area contributed by atoms with Crippen LogP contribution in [0.2, 0.25) is 0 Å². The lowest BCUT2D eigenvalue weighted by atomic mass is 10.0. The highest BCUT2D eigenvalue weighted by Crippen LogP contribution is 2.24. The molecule has 1 N–H and O–H groups in total. The molecule has 0 aliphatic carbocycles. The molecular weight excluding hydrogens is 376 g/mol. The van der Waals surface area contributed by atoms with Crippen molar-refractivity contribution in [3.8, 4) is 5.75 Å². The van der Waals surface area contributed by atoms with Crippen molar-refractivity contribution in [2.24, 2.45) is 0 Å². The quantitative estimate of drug-likeness (QED) is 0.732. The Balaban J connectivity index is 2.18. The molecule has 0 bridgehead atoms. The predicted octanol–water partition coefficient (Wildman–Crippen LogP) is 3.35. The minimum Gasteiger partial charge on any atom is -0.494 e. The SMILES string of the molecule is CCOc1cccc(N(CC(=O)N[C@@H](C)c2ccc(C)cc2C)S(C)(=O)=O)c1. The van der Waals surface area contributed by atoms with Crippen molar-refractivity contribution in [2.75, 3.05) is 23.7 Å². The van der Waals surface area contributed by atoms with Gasteiger partial charge in [-0.2, -0.15) is 0 Å². The van der Waals surface area contributed by atoms with E-state index < -0.39 is 10.0 Å². The van der Waals surface area contributed by atoms with E-state index in [1.165, 1.54) is 0 Å². The van der Waals surface area contributed by atoms with Crippen LogP contribution in [0.3, 0.4) is 0 Å². The fourth-order valence-corrected chi connectivity index (χ4v) is 3.95. The lowest BCUT2D eigenvalue weighted by molar-refractivity contribution is -0.120. The van der Waals surface area contributed by atoms with Crippen molar-refractivity contribution >= 4 is 21.6 Å². The van der Waals surface area contributed by atoms with E-state index in [4.69, 9.17) is 4.74 Å². The van der Waals surface area contributed by atoms with Gasteiger partial charge < -0.3 is 10.1 Å². The summed E-state index contributed by atoms with van der Waals surface area (Å²) >= 11 is 0. The zero-order valence-corrected chi connectivity index (χ0v) is 17.8. The first-order valence-electron chi connectivity index (χ1n) is 9.19. The molecule has 0 spiro atoms. The van der Waals surface area contributed by atoms with Crippen molar-refractivity contribution in [3.63, 3.8) is 0 Å². The van der Waals surface area contributed by atoms with Crippen molar-refractivity contribution in [1.29, 1.82) is 0 Å². The second-order valence-electron chi connectivity index (χ2n) is 6.85. The Morgan fingerprint density at radius 3 is 2.50 bits per heavy atom. The molecule has 0 saturated carbocycles. The number of aryl methyl sites for hydroxylation is 2. The van der Waals surface area contributed by atoms with Gasteiger partial charge in [-0.1, -0.05) is 29.8 Å². The average Bonchev–Trinajstić information content (AvgIpc) is 2.59. The molecule has 0 unspecified atom stereocenters. The summed E-state index contributed by atoms with van der Waals surface area (Å²) in [5.74, 6) is 0.178. The van der Waals surface area contributed by atoms with Gasteiger partial charge in [0, 0.05) is 6.07 Å². The van der Waals surface area contributed by atoms with Crippen LogP contribution < -0.4 is 14.4 Å². The topological polar surface area (TPSA) is 75.7 Å². The summed E-state index contributed by atoms with van der Waals surface area (Å²) in [6, 6.07) is 12.5. The lowest BCUT2D eigenvalue weighted by Crippen LogP contribution is -2.41. The molecule has 0 fully saturated rings.